The minimum atomic E-state index is -0.471. The Kier molecular flexibility index (Phi) is 4.97. The largest absolute Gasteiger partial charge is 0.366 e. The molecule has 128 valence electrons. The predicted octanol–water partition coefficient (Wildman–Crippen LogP) is 2.16. The summed E-state index contributed by atoms with van der Waals surface area (Å²) in [4.78, 5) is 16.7. The Bertz CT molecular complexity index is 679. The lowest BCUT2D eigenvalue weighted by atomic mass is 10.1. The summed E-state index contributed by atoms with van der Waals surface area (Å²) in [7, 11) is 1.74. The third-order valence-electron chi connectivity index (χ3n) is 4.34. The van der Waals surface area contributed by atoms with Crippen LogP contribution < -0.4 is 4.90 Å². The van der Waals surface area contributed by atoms with Crippen LogP contribution in [0.4, 0.5) is 5.69 Å². The Hall–Kier alpha value is -2.18. The standard InChI is InChI=1S/C18H23N3O3/c1-13-17(14(2)24-19-13)20(3)18(22)16-12-21(9-10-23-16)11-15-7-5-4-6-8-15/h4-8,16H,9-12H2,1-3H3. The van der Waals surface area contributed by atoms with Crippen molar-refractivity contribution in [3.05, 3.63) is 47.3 Å². The number of hydrogen-bond donors (Lipinski definition) is 0. The highest BCUT2D eigenvalue weighted by Gasteiger charge is 2.31. The molecule has 6 heteroatoms. The van der Waals surface area contributed by atoms with Crippen LogP contribution in [-0.4, -0.2) is 48.8 Å². The first-order chi connectivity index (χ1) is 11.6. The Morgan fingerprint density at radius 1 is 1.33 bits per heavy atom. The number of hydrogen-bond acceptors (Lipinski definition) is 5. The number of likely N-dealkylation sites (N-methyl/N-ethyl adjacent to an activating group) is 1. The molecule has 2 heterocycles. The van der Waals surface area contributed by atoms with Crippen molar-refractivity contribution in [2.75, 3.05) is 31.6 Å². The normalized spacial score (nSPS) is 18.5. The first-order valence-electron chi connectivity index (χ1n) is 8.14. The summed E-state index contributed by atoms with van der Waals surface area (Å²) in [6, 6.07) is 10.3. The molecule has 1 aromatic carbocycles. The van der Waals surface area contributed by atoms with Gasteiger partial charge in [-0.1, -0.05) is 35.5 Å². The van der Waals surface area contributed by atoms with Crippen molar-refractivity contribution < 1.29 is 14.1 Å². The van der Waals surface area contributed by atoms with E-state index >= 15 is 0 Å². The molecule has 1 aromatic heterocycles. The molecule has 0 radical (unpaired) electrons. The zero-order chi connectivity index (χ0) is 17.1. The molecule has 1 saturated heterocycles. The van der Waals surface area contributed by atoms with Crippen molar-refractivity contribution in [2.45, 2.75) is 26.5 Å². The van der Waals surface area contributed by atoms with E-state index in [1.807, 2.05) is 32.0 Å². The highest BCUT2D eigenvalue weighted by molar-refractivity contribution is 5.97. The molecule has 0 spiro atoms. The van der Waals surface area contributed by atoms with Gasteiger partial charge in [0.25, 0.3) is 5.91 Å². The first-order valence-corrected chi connectivity index (χ1v) is 8.14. The van der Waals surface area contributed by atoms with Gasteiger partial charge in [-0.15, -0.1) is 0 Å². The first kappa shape index (κ1) is 16.7. The summed E-state index contributed by atoms with van der Waals surface area (Å²) in [6.45, 7) is 6.43. The SMILES string of the molecule is Cc1noc(C)c1N(C)C(=O)C1CN(Cc2ccccc2)CCO1. The van der Waals surface area contributed by atoms with Crippen LogP contribution in [0.1, 0.15) is 17.0 Å². The van der Waals surface area contributed by atoms with Gasteiger partial charge in [0.05, 0.1) is 6.61 Å². The zero-order valence-electron chi connectivity index (χ0n) is 14.4. The van der Waals surface area contributed by atoms with Gasteiger partial charge in [-0.3, -0.25) is 9.69 Å². The van der Waals surface area contributed by atoms with Gasteiger partial charge in [0.15, 0.2) is 5.76 Å². The average Bonchev–Trinajstić information content (AvgIpc) is 2.93. The lowest BCUT2D eigenvalue weighted by molar-refractivity contribution is -0.135. The van der Waals surface area contributed by atoms with E-state index in [0.29, 0.717) is 24.6 Å². The Balaban J connectivity index is 1.67. The molecule has 0 saturated carbocycles. The molecule has 3 rings (SSSR count). The number of aryl methyl sites for hydroxylation is 2. The summed E-state index contributed by atoms with van der Waals surface area (Å²) in [6.07, 6.45) is -0.471. The second-order valence-corrected chi connectivity index (χ2v) is 6.15. The molecule has 1 aliphatic rings. The molecule has 1 fully saturated rings. The van der Waals surface area contributed by atoms with Gasteiger partial charge < -0.3 is 14.2 Å². The van der Waals surface area contributed by atoms with E-state index in [-0.39, 0.29) is 5.91 Å². The van der Waals surface area contributed by atoms with Crippen LogP contribution in [0.25, 0.3) is 0 Å². The molecular weight excluding hydrogens is 306 g/mol. The van der Waals surface area contributed by atoms with E-state index in [0.717, 1.165) is 18.8 Å². The number of aromatic nitrogens is 1. The Morgan fingerprint density at radius 2 is 2.08 bits per heavy atom. The van der Waals surface area contributed by atoms with E-state index in [2.05, 4.69) is 22.2 Å². The number of rotatable bonds is 4. The summed E-state index contributed by atoms with van der Waals surface area (Å²) in [5.41, 5.74) is 2.67. The lowest BCUT2D eigenvalue weighted by Crippen LogP contribution is -2.50. The Morgan fingerprint density at radius 3 is 2.75 bits per heavy atom. The number of benzene rings is 1. The van der Waals surface area contributed by atoms with E-state index in [1.165, 1.54) is 5.56 Å². The molecule has 1 unspecified atom stereocenters. The highest BCUT2D eigenvalue weighted by Crippen LogP contribution is 2.24. The van der Waals surface area contributed by atoms with Crippen molar-refractivity contribution in [3.63, 3.8) is 0 Å². The van der Waals surface area contributed by atoms with Crippen LogP contribution in [0.3, 0.4) is 0 Å². The van der Waals surface area contributed by atoms with Gasteiger partial charge in [-0.25, -0.2) is 0 Å². The molecule has 1 amide bonds. The van der Waals surface area contributed by atoms with Crippen LogP contribution in [0, 0.1) is 13.8 Å². The zero-order valence-corrected chi connectivity index (χ0v) is 14.4. The molecule has 2 aromatic rings. The maximum Gasteiger partial charge on any atom is 0.257 e. The second-order valence-electron chi connectivity index (χ2n) is 6.15. The molecule has 1 atom stereocenters. The van der Waals surface area contributed by atoms with Crippen molar-refractivity contribution in [2.24, 2.45) is 0 Å². The number of anilines is 1. The fraction of sp³-hybridized carbons (Fsp3) is 0.444. The van der Waals surface area contributed by atoms with Gasteiger partial charge >= 0.3 is 0 Å². The summed E-state index contributed by atoms with van der Waals surface area (Å²) < 4.78 is 10.9. The fourth-order valence-electron chi connectivity index (χ4n) is 3.12. The van der Waals surface area contributed by atoms with Gasteiger partial charge in [-0.2, -0.15) is 0 Å². The van der Waals surface area contributed by atoms with Crippen molar-refractivity contribution in [3.8, 4) is 0 Å². The van der Waals surface area contributed by atoms with E-state index < -0.39 is 6.10 Å². The van der Waals surface area contributed by atoms with Gasteiger partial charge in [0, 0.05) is 26.7 Å². The van der Waals surface area contributed by atoms with Crippen LogP contribution in [0.15, 0.2) is 34.9 Å². The number of amides is 1. The van der Waals surface area contributed by atoms with Crippen LogP contribution in [-0.2, 0) is 16.1 Å². The molecular formula is C18H23N3O3. The quantitative estimate of drug-likeness (QED) is 0.860. The fourth-order valence-corrected chi connectivity index (χ4v) is 3.12. The number of carbonyl (C=O) groups is 1. The van der Waals surface area contributed by atoms with E-state index in [1.54, 1.807) is 11.9 Å². The molecule has 1 aliphatic heterocycles. The summed E-state index contributed by atoms with van der Waals surface area (Å²) in [5.74, 6) is 0.572. The molecule has 0 aliphatic carbocycles. The number of morpholine rings is 1. The van der Waals surface area contributed by atoms with Crippen molar-refractivity contribution in [1.29, 1.82) is 0 Å². The van der Waals surface area contributed by atoms with Crippen LogP contribution in [0.2, 0.25) is 0 Å². The lowest BCUT2D eigenvalue weighted by Gasteiger charge is -2.34. The topological polar surface area (TPSA) is 58.8 Å². The molecule has 24 heavy (non-hydrogen) atoms. The molecule has 0 N–H and O–H groups in total. The third-order valence-corrected chi connectivity index (χ3v) is 4.34. The molecule has 0 bridgehead atoms. The Labute approximate surface area is 142 Å². The minimum absolute atomic E-state index is 0.0674. The van der Waals surface area contributed by atoms with Crippen molar-refractivity contribution in [1.82, 2.24) is 10.1 Å². The predicted molar refractivity (Wildman–Crippen MR) is 90.8 cm³/mol. The smallest absolute Gasteiger partial charge is 0.257 e. The monoisotopic (exact) mass is 329 g/mol. The maximum atomic E-state index is 12.8. The van der Waals surface area contributed by atoms with Gasteiger partial charge in [0.2, 0.25) is 0 Å². The second kappa shape index (κ2) is 7.15. The van der Waals surface area contributed by atoms with Gasteiger partial charge in [-0.05, 0) is 19.4 Å². The molecule has 6 nitrogen and oxygen atoms in total. The van der Waals surface area contributed by atoms with E-state index in [9.17, 15) is 4.79 Å². The number of nitrogens with zero attached hydrogens (tertiary/aromatic N) is 3. The summed E-state index contributed by atoms with van der Waals surface area (Å²) >= 11 is 0. The van der Waals surface area contributed by atoms with Crippen LogP contribution >= 0.6 is 0 Å². The minimum Gasteiger partial charge on any atom is -0.366 e. The average molecular weight is 329 g/mol. The van der Waals surface area contributed by atoms with Crippen LogP contribution in [0.5, 0.6) is 0 Å². The van der Waals surface area contributed by atoms with Gasteiger partial charge in [0.1, 0.15) is 17.5 Å². The highest BCUT2D eigenvalue weighted by atomic mass is 16.5. The van der Waals surface area contributed by atoms with E-state index in [4.69, 9.17) is 9.26 Å². The number of carbonyl (C=O) groups excluding carboxylic acids is 1. The maximum absolute atomic E-state index is 12.8. The number of ether oxygens (including phenoxy) is 1. The summed E-state index contributed by atoms with van der Waals surface area (Å²) in [5, 5.41) is 3.92. The third kappa shape index (κ3) is 3.49. The van der Waals surface area contributed by atoms with Crippen molar-refractivity contribution >= 4 is 11.6 Å².